The molecular weight excluding hydrogens is 212 g/mol. The standard InChI is InChI=1S/C10H13ClN4/c1-14(2)5-6-15-7-8-9(13-15)3-4-12-10(8)11/h3-4,7H,5-6H2,1-2H3. The first-order valence-electron chi connectivity index (χ1n) is 4.79. The molecule has 2 aromatic heterocycles. The minimum Gasteiger partial charge on any atom is -0.308 e. The summed E-state index contributed by atoms with van der Waals surface area (Å²) in [6, 6.07) is 1.87. The van der Waals surface area contributed by atoms with Crippen LogP contribution in [0.5, 0.6) is 0 Å². The van der Waals surface area contributed by atoms with Gasteiger partial charge < -0.3 is 4.90 Å². The first-order valence-corrected chi connectivity index (χ1v) is 5.17. The summed E-state index contributed by atoms with van der Waals surface area (Å²) in [7, 11) is 4.08. The van der Waals surface area contributed by atoms with Gasteiger partial charge in [-0.25, -0.2) is 4.98 Å². The number of nitrogens with zero attached hydrogens (tertiary/aromatic N) is 4. The summed E-state index contributed by atoms with van der Waals surface area (Å²) < 4.78 is 1.90. The van der Waals surface area contributed by atoms with E-state index in [1.54, 1.807) is 6.20 Å². The number of hydrogen-bond acceptors (Lipinski definition) is 3. The maximum atomic E-state index is 5.96. The van der Waals surface area contributed by atoms with E-state index in [0.717, 1.165) is 24.0 Å². The topological polar surface area (TPSA) is 34.0 Å². The molecule has 0 radical (unpaired) electrons. The fourth-order valence-corrected chi connectivity index (χ4v) is 1.58. The van der Waals surface area contributed by atoms with Crippen molar-refractivity contribution in [3.8, 4) is 0 Å². The molecule has 0 aliphatic heterocycles. The largest absolute Gasteiger partial charge is 0.308 e. The summed E-state index contributed by atoms with van der Waals surface area (Å²) in [5, 5.41) is 5.84. The van der Waals surface area contributed by atoms with Crippen molar-refractivity contribution in [2.24, 2.45) is 0 Å². The molecular formula is C10H13ClN4. The third kappa shape index (κ3) is 2.27. The van der Waals surface area contributed by atoms with Gasteiger partial charge in [-0.1, -0.05) is 11.6 Å². The maximum absolute atomic E-state index is 5.96. The fourth-order valence-electron chi connectivity index (χ4n) is 1.38. The second kappa shape index (κ2) is 4.16. The number of pyridine rings is 1. The van der Waals surface area contributed by atoms with Crippen LogP contribution in [-0.4, -0.2) is 40.3 Å². The van der Waals surface area contributed by atoms with Crippen LogP contribution in [-0.2, 0) is 6.54 Å². The van der Waals surface area contributed by atoms with Crippen LogP contribution >= 0.6 is 11.6 Å². The van der Waals surface area contributed by atoms with Crippen molar-refractivity contribution in [2.45, 2.75) is 6.54 Å². The third-order valence-electron chi connectivity index (χ3n) is 2.21. The molecule has 2 aromatic rings. The molecule has 2 heterocycles. The van der Waals surface area contributed by atoms with E-state index in [1.165, 1.54) is 0 Å². The van der Waals surface area contributed by atoms with Gasteiger partial charge in [0.2, 0.25) is 0 Å². The Morgan fingerprint density at radius 3 is 2.93 bits per heavy atom. The van der Waals surface area contributed by atoms with Crippen molar-refractivity contribution in [3.05, 3.63) is 23.6 Å². The van der Waals surface area contributed by atoms with Crippen LogP contribution in [0, 0.1) is 0 Å². The molecule has 0 fully saturated rings. The predicted molar refractivity (Wildman–Crippen MR) is 61.1 cm³/mol. The Balaban J connectivity index is 2.27. The zero-order valence-electron chi connectivity index (χ0n) is 8.81. The Hall–Kier alpha value is -1.13. The average Bonchev–Trinajstić information content (AvgIpc) is 2.59. The number of halogens is 1. The van der Waals surface area contributed by atoms with Crippen LogP contribution in [0.15, 0.2) is 18.5 Å². The van der Waals surface area contributed by atoms with Gasteiger partial charge in [-0.15, -0.1) is 0 Å². The number of likely N-dealkylation sites (N-methyl/N-ethyl adjacent to an activating group) is 1. The molecule has 15 heavy (non-hydrogen) atoms. The number of fused-ring (bicyclic) bond motifs is 1. The van der Waals surface area contributed by atoms with Gasteiger partial charge in [0.15, 0.2) is 0 Å². The Kier molecular flexibility index (Phi) is 2.88. The van der Waals surface area contributed by atoms with Crippen LogP contribution < -0.4 is 0 Å². The summed E-state index contributed by atoms with van der Waals surface area (Å²) in [4.78, 5) is 6.13. The highest BCUT2D eigenvalue weighted by molar-refractivity contribution is 6.34. The zero-order chi connectivity index (χ0) is 10.8. The molecule has 0 saturated carbocycles. The quantitative estimate of drug-likeness (QED) is 0.744. The van der Waals surface area contributed by atoms with Crippen molar-refractivity contribution in [1.82, 2.24) is 19.7 Å². The molecule has 2 rings (SSSR count). The van der Waals surface area contributed by atoms with E-state index in [9.17, 15) is 0 Å². The van der Waals surface area contributed by atoms with E-state index in [-0.39, 0.29) is 0 Å². The summed E-state index contributed by atoms with van der Waals surface area (Å²) in [5.74, 6) is 0. The molecule has 0 aliphatic carbocycles. The van der Waals surface area contributed by atoms with Gasteiger partial charge in [-0.05, 0) is 20.2 Å². The molecule has 0 atom stereocenters. The average molecular weight is 225 g/mol. The Bertz CT molecular complexity index is 463. The third-order valence-corrected chi connectivity index (χ3v) is 2.51. The lowest BCUT2D eigenvalue weighted by molar-refractivity contribution is 0.374. The van der Waals surface area contributed by atoms with E-state index in [4.69, 9.17) is 11.6 Å². The Morgan fingerprint density at radius 1 is 1.47 bits per heavy atom. The Labute approximate surface area is 93.5 Å². The second-order valence-corrected chi connectivity index (χ2v) is 4.09. The number of rotatable bonds is 3. The first-order chi connectivity index (χ1) is 7.16. The summed E-state index contributed by atoms with van der Waals surface area (Å²) in [5.41, 5.74) is 0.897. The van der Waals surface area contributed by atoms with Gasteiger partial charge in [-0.3, -0.25) is 4.68 Å². The van der Waals surface area contributed by atoms with Crippen molar-refractivity contribution in [3.63, 3.8) is 0 Å². The monoisotopic (exact) mass is 224 g/mol. The van der Waals surface area contributed by atoms with Crippen molar-refractivity contribution >= 4 is 22.5 Å². The highest BCUT2D eigenvalue weighted by Crippen LogP contribution is 2.18. The van der Waals surface area contributed by atoms with Crippen LogP contribution in [0.2, 0.25) is 5.15 Å². The highest BCUT2D eigenvalue weighted by Gasteiger charge is 2.04. The normalized spacial score (nSPS) is 11.5. The van der Waals surface area contributed by atoms with Gasteiger partial charge in [-0.2, -0.15) is 5.10 Å². The molecule has 0 N–H and O–H groups in total. The molecule has 0 unspecified atom stereocenters. The van der Waals surface area contributed by atoms with E-state index in [2.05, 4.69) is 15.0 Å². The molecule has 0 aromatic carbocycles. The highest BCUT2D eigenvalue weighted by atomic mass is 35.5. The lowest BCUT2D eigenvalue weighted by Gasteiger charge is -2.08. The molecule has 0 aliphatic rings. The van der Waals surface area contributed by atoms with Crippen LogP contribution in [0.3, 0.4) is 0 Å². The van der Waals surface area contributed by atoms with Crippen molar-refractivity contribution in [2.75, 3.05) is 20.6 Å². The minimum absolute atomic E-state index is 0.517. The molecule has 0 bridgehead atoms. The second-order valence-electron chi connectivity index (χ2n) is 3.73. The van der Waals surface area contributed by atoms with Crippen molar-refractivity contribution < 1.29 is 0 Å². The number of aromatic nitrogens is 3. The van der Waals surface area contributed by atoms with E-state index >= 15 is 0 Å². The maximum Gasteiger partial charge on any atom is 0.139 e. The molecule has 0 saturated heterocycles. The van der Waals surface area contributed by atoms with Gasteiger partial charge in [0.1, 0.15) is 5.15 Å². The van der Waals surface area contributed by atoms with Gasteiger partial charge in [0.05, 0.1) is 17.4 Å². The van der Waals surface area contributed by atoms with Gasteiger partial charge in [0, 0.05) is 18.9 Å². The zero-order valence-corrected chi connectivity index (χ0v) is 9.57. The van der Waals surface area contributed by atoms with E-state index in [1.807, 2.05) is 31.0 Å². The minimum atomic E-state index is 0.517. The van der Waals surface area contributed by atoms with E-state index < -0.39 is 0 Å². The van der Waals surface area contributed by atoms with E-state index in [0.29, 0.717) is 5.15 Å². The number of hydrogen-bond donors (Lipinski definition) is 0. The molecule has 80 valence electrons. The van der Waals surface area contributed by atoms with Crippen LogP contribution in [0.4, 0.5) is 0 Å². The molecule has 0 spiro atoms. The predicted octanol–water partition coefficient (Wildman–Crippen LogP) is 1.65. The van der Waals surface area contributed by atoms with Gasteiger partial charge >= 0.3 is 0 Å². The van der Waals surface area contributed by atoms with Crippen LogP contribution in [0.25, 0.3) is 10.9 Å². The smallest absolute Gasteiger partial charge is 0.139 e. The lowest BCUT2D eigenvalue weighted by atomic mass is 10.3. The first kappa shape index (κ1) is 10.4. The molecule has 4 nitrogen and oxygen atoms in total. The van der Waals surface area contributed by atoms with Crippen molar-refractivity contribution in [1.29, 1.82) is 0 Å². The van der Waals surface area contributed by atoms with Gasteiger partial charge in [0.25, 0.3) is 0 Å². The lowest BCUT2D eigenvalue weighted by Crippen LogP contribution is -2.18. The summed E-state index contributed by atoms with van der Waals surface area (Å²) in [6.45, 7) is 1.82. The Morgan fingerprint density at radius 2 is 2.27 bits per heavy atom. The summed E-state index contributed by atoms with van der Waals surface area (Å²) >= 11 is 5.96. The summed E-state index contributed by atoms with van der Waals surface area (Å²) in [6.07, 6.45) is 3.61. The molecule has 5 heteroatoms. The molecule has 0 amide bonds. The fraction of sp³-hybridized carbons (Fsp3) is 0.400. The van der Waals surface area contributed by atoms with Crippen LogP contribution in [0.1, 0.15) is 0 Å². The SMILES string of the molecule is CN(C)CCn1cc2c(Cl)nccc2n1.